The minimum Gasteiger partial charge on any atom is -0.469 e. The number of nitrogens with one attached hydrogen (secondary N) is 2. The van der Waals surface area contributed by atoms with Crippen LogP contribution < -0.4 is 5.32 Å². The Morgan fingerprint density at radius 1 is 0.770 bits per heavy atom. The maximum atomic E-state index is 14.1. The molecule has 4 aliphatic rings. The molecule has 3 saturated heterocycles. The Labute approximate surface area is 357 Å². The molecule has 4 atom stereocenters. The second-order valence-corrected chi connectivity index (χ2v) is 16.9. The molecule has 15 nitrogen and oxygen atoms in total. The Balaban J connectivity index is 0.956. The molecule has 3 aromatic rings. The molecule has 0 saturated carbocycles. The Bertz CT molecular complexity index is 2140. The van der Waals surface area contributed by atoms with Crippen LogP contribution in [0.2, 0.25) is 0 Å². The quantitative estimate of drug-likeness (QED) is 0.217. The molecule has 0 spiro atoms. The lowest BCUT2D eigenvalue weighted by molar-refractivity contribution is -0.149. The zero-order valence-corrected chi connectivity index (χ0v) is 35.9. The highest BCUT2D eigenvalue weighted by molar-refractivity contribution is 6.04. The molecule has 0 aliphatic carbocycles. The van der Waals surface area contributed by atoms with Gasteiger partial charge in [-0.1, -0.05) is 62.4 Å². The Morgan fingerprint density at radius 3 is 2.00 bits per heavy atom. The largest absolute Gasteiger partial charge is 0.469 e. The van der Waals surface area contributed by atoms with E-state index in [9.17, 15) is 24.0 Å². The number of carbonyl (C=O) groups excluding carboxylic acids is 5. The number of carbonyl (C=O) groups is 5. The monoisotopic (exact) mass is 834 g/mol. The van der Waals surface area contributed by atoms with Crippen LogP contribution in [0.15, 0.2) is 65.9 Å². The molecule has 4 amide bonds. The number of esters is 1. The summed E-state index contributed by atoms with van der Waals surface area (Å²) in [5.74, 6) is -1.10. The third-order valence-electron chi connectivity index (χ3n) is 12.6. The zero-order valence-electron chi connectivity index (χ0n) is 35.9. The molecule has 2 aromatic carbocycles. The van der Waals surface area contributed by atoms with Gasteiger partial charge in [0, 0.05) is 64.0 Å². The van der Waals surface area contributed by atoms with Crippen molar-refractivity contribution in [3.05, 3.63) is 72.3 Å². The van der Waals surface area contributed by atoms with Crippen LogP contribution in [-0.4, -0.2) is 138 Å². The smallest absolute Gasteiger partial charge is 0.407 e. The molecule has 2 N–H and O–H groups in total. The van der Waals surface area contributed by atoms with E-state index in [-0.39, 0.29) is 48.6 Å². The second-order valence-electron chi connectivity index (χ2n) is 16.9. The third kappa shape index (κ3) is 9.88. The second kappa shape index (κ2) is 19.3. The maximum absolute atomic E-state index is 14.1. The molecule has 7 rings (SSSR count). The molecule has 5 heterocycles. The van der Waals surface area contributed by atoms with E-state index in [1.807, 2.05) is 32.0 Å². The van der Waals surface area contributed by atoms with Gasteiger partial charge < -0.3 is 39.4 Å². The third-order valence-corrected chi connectivity index (χ3v) is 12.6. The predicted octanol–water partition coefficient (Wildman–Crippen LogP) is 5.31. The van der Waals surface area contributed by atoms with Crippen LogP contribution in [-0.2, 0) is 28.7 Å². The van der Waals surface area contributed by atoms with Crippen LogP contribution in [0.3, 0.4) is 0 Å². The number of piperazine rings is 1. The summed E-state index contributed by atoms with van der Waals surface area (Å²) >= 11 is 0. The van der Waals surface area contributed by atoms with Crippen molar-refractivity contribution in [2.24, 2.45) is 16.8 Å². The van der Waals surface area contributed by atoms with E-state index in [4.69, 9.17) is 14.5 Å². The number of nitrogens with zero attached hydrogens (tertiary/aromatic N) is 6. The van der Waals surface area contributed by atoms with Crippen LogP contribution in [0.1, 0.15) is 76.2 Å². The average Bonchev–Trinajstić information content (AvgIpc) is 4.12. The molecule has 15 heteroatoms. The van der Waals surface area contributed by atoms with Gasteiger partial charge in [0.2, 0.25) is 17.7 Å². The highest BCUT2D eigenvalue weighted by Gasteiger charge is 2.40. The molecule has 0 radical (unpaired) electrons. The Hall–Kier alpha value is -5.83. The molecule has 61 heavy (non-hydrogen) atoms. The molecule has 3 fully saturated rings. The molecule has 0 unspecified atom stereocenters. The van der Waals surface area contributed by atoms with Gasteiger partial charge in [-0.25, -0.2) is 9.78 Å². The summed E-state index contributed by atoms with van der Waals surface area (Å²) in [7, 11) is 4.62. The van der Waals surface area contributed by atoms with Crippen molar-refractivity contribution in [3.8, 4) is 22.4 Å². The first-order valence-electron chi connectivity index (χ1n) is 21.4. The highest BCUT2D eigenvalue weighted by atomic mass is 16.5. The zero-order chi connectivity index (χ0) is 43.2. The number of ether oxygens (including phenoxy) is 2. The number of aromatic nitrogens is 2. The van der Waals surface area contributed by atoms with Crippen LogP contribution in [0.25, 0.3) is 28.0 Å². The van der Waals surface area contributed by atoms with Crippen molar-refractivity contribution < 1.29 is 33.4 Å². The summed E-state index contributed by atoms with van der Waals surface area (Å²) in [4.78, 5) is 85.8. The first-order chi connectivity index (χ1) is 29.4. The summed E-state index contributed by atoms with van der Waals surface area (Å²) < 4.78 is 9.69. The predicted molar refractivity (Wildman–Crippen MR) is 231 cm³/mol. The normalized spacial score (nSPS) is 20.3. The summed E-state index contributed by atoms with van der Waals surface area (Å²) in [5.41, 5.74) is 7.01. The number of allylic oxidation sites excluding steroid dienone is 1. The van der Waals surface area contributed by atoms with Crippen molar-refractivity contribution in [3.63, 3.8) is 0 Å². The van der Waals surface area contributed by atoms with Gasteiger partial charge in [-0.3, -0.25) is 24.2 Å². The van der Waals surface area contributed by atoms with E-state index in [1.54, 1.807) is 16.0 Å². The van der Waals surface area contributed by atoms with Gasteiger partial charge >= 0.3 is 12.1 Å². The Morgan fingerprint density at radius 2 is 1.38 bits per heavy atom. The van der Waals surface area contributed by atoms with E-state index < -0.39 is 24.0 Å². The van der Waals surface area contributed by atoms with Gasteiger partial charge in [0.25, 0.3) is 0 Å². The van der Waals surface area contributed by atoms with E-state index >= 15 is 0 Å². The van der Waals surface area contributed by atoms with E-state index in [2.05, 4.69) is 68.7 Å². The van der Waals surface area contributed by atoms with Gasteiger partial charge in [-0.15, -0.1) is 0 Å². The summed E-state index contributed by atoms with van der Waals surface area (Å²) in [6.07, 6.45) is 6.77. The number of aromatic amines is 1. The van der Waals surface area contributed by atoms with E-state index in [1.165, 1.54) is 14.2 Å². The number of aliphatic imine (C=N–C) groups is 1. The van der Waals surface area contributed by atoms with E-state index in [0.717, 1.165) is 83.8 Å². The SMILES string of the molecule is COC(=O)C[C@@H](CC(=O)N1CCN(C)CC1)C(=O)N1CCC[C@H]1C1=NC=C(c2ccc(-c3ccc(-c4cnc([C@@H]5CCCN5C(=O)[C@@H](NC(=O)OC)C(C)C)[nH]4)cc3)cc2)C1. The minimum absolute atomic E-state index is 0.0163. The van der Waals surface area contributed by atoms with Gasteiger partial charge in [0.1, 0.15) is 11.9 Å². The lowest BCUT2D eigenvalue weighted by Gasteiger charge is -2.34. The van der Waals surface area contributed by atoms with Crippen LogP contribution in [0, 0.1) is 11.8 Å². The molecule has 1 aromatic heterocycles. The van der Waals surface area contributed by atoms with Gasteiger partial charge in [0.05, 0.1) is 50.5 Å². The van der Waals surface area contributed by atoms with Crippen molar-refractivity contribution in [2.45, 2.75) is 76.9 Å². The van der Waals surface area contributed by atoms with Gasteiger partial charge in [-0.05, 0) is 66.5 Å². The molecule has 4 aliphatic heterocycles. The maximum Gasteiger partial charge on any atom is 0.407 e. The van der Waals surface area contributed by atoms with Crippen molar-refractivity contribution in [2.75, 3.05) is 60.5 Å². The minimum atomic E-state index is -0.782. The highest BCUT2D eigenvalue weighted by Crippen LogP contribution is 2.35. The van der Waals surface area contributed by atoms with Crippen molar-refractivity contribution in [1.82, 2.24) is 34.9 Å². The summed E-state index contributed by atoms with van der Waals surface area (Å²) in [6, 6.07) is 15.6. The van der Waals surface area contributed by atoms with Crippen LogP contribution >= 0.6 is 0 Å². The molecule has 0 bridgehead atoms. The number of likely N-dealkylation sites (N-methyl/N-ethyl adjacent to an activating group) is 1. The summed E-state index contributed by atoms with van der Waals surface area (Å²) in [5, 5.41) is 2.70. The van der Waals surface area contributed by atoms with Gasteiger partial charge in [0.15, 0.2) is 0 Å². The van der Waals surface area contributed by atoms with Crippen molar-refractivity contribution in [1.29, 1.82) is 0 Å². The molecule has 324 valence electrons. The van der Waals surface area contributed by atoms with Crippen LogP contribution in [0.5, 0.6) is 0 Å². The number of imidazole rings is 1. The lowest BCUT2D eigenvalue weighted by Crippen LogP contribution is -2.51. The number of likely N-dealkylation sites (tertiary alicyclic amines) is 2. The molecular weight excluding hydrogens is 777 g/mol. The standard InChI is InChI=1S/C46H58N8O7/c1-29(2)42(50-46(59)61-5)45(58)54-19-7-9-39(54)43-48-28-37(49-43)33-16-14-31(15-17-33)30-10-12-32(13-11-30)35-24-36(47-27-35)38-8-6-18-53(38)44(57)34(26-41(56)60-4)25-40(55)52-22-20-51(3)21-23-52/h10-17,27-29,34,38-39,42H,6-9,18-26H2,1-5H3,(H,48,49)(H,50,59)/t34-,38+,39+,42+/m1/s1. The number of rotatable bonds is 13. The number of methoxy groups -OCH3 is 2. The van der Waals surface area contributed by atoms with E-state index in [0.29, 0.717) is 32.6 Å². The van der Waals surface area contributed by atoms with Crippen LogP contribution in [0.4, 0.5) is 4.79 Å². The topological polar surface area (TPSA) is 170 Å². The summed E-state index contributed by atoms with van der Waals surface area (Å²) in [6.45, 7) is 7.73. The Kier molecular flexibility index (Phi) is 13.7. The number of alkyl carbamates (subject to hydrolysis) is 1. The fourth-order valence-electron chi connectivity index (χ4n) is 8.93. The number of H-pyrrole nitrogens is 1. The molecular formula is C46H58N8O7. The first kappa shape index (κ1) is 43.3. The van der Waals surface area contributed by atoms with Crippen molar-refractivity contribution >= 4 is 41.1 Å². The first-order valence-corrected chi connectivity index (χ1v) is 21.4. The number of benzene rings is 2. The van der Waals surface area contributed by atoms with Gasteiger partial charge in [-0.2, -0.15) is 0 Å². The fourth-order valence-corrected chi connectivity index (χ4v) is 8.93. The lowest BCUT2D eigenvalue weighted by atomic mass is 9.95. The number of amides is 4. The average molecular weight is 835 g/mol. The number of hydrogen-bond donors (Lipinski definition) is 2. The fraction of sp³-hybridized carbons (Fsp3) is 0.500. The number of hydrogen-bond acceptors (Lipinski definition) is 10.